The Bertz CT molecular complexity index is 3060. The number of pyridine rings is 3. The quantitative estimate of drug-likeness (QED) is 0.112. The summed E-state index contributed by atoms with van der Waals surface area (Å²) in [6.45, 7) is 0. The SMILES string of the molecule is O=C(Nc1ccc(-c2cc(-c3ccccc3)ccn2)cc1)c1cc(C(=O)Nc2ccc(-c3cc(-c4ccccc4)ccn3)cc2)cc(C(=O)Nc2ccc(-c3cc(-c4ccccc4)ccn3)cc2)c1. The highest BCUT2D eigenvalue weighted by molar-refractivity contribution is 6.13. The lowest BCUT2D eigenvalue weighted by Crippen LogP contribution is -2.19. The Morgan fingerprint density at radius 3 is 0.783 bits per heavy atom. The largest absolute Gasteiger partial charge is 0.322 e. The van der Waals surface area contributed by atoms with E-state index in [9.17, 15) is 14.4 Å². The molecule has 0 fully saturated rings. The van der Waals surface area contributed by atoms with Gasteiger partial charge in [0.25, 0.3) is 17.7 Å². The van der Waals surface area contributed by atoms with Gasteiger partial charge in [-0.05, 0) is 124 Å². The first-order valence-corrected chi connectivity index (χ1v) is 22.3. The van der Waals surface area contributed by atoms with Gasteiger partial charge >= 0.3 is 0 Å². The minimum atomic E-state index is -0.500. The number of amides is 3. The van der Waals surface area contributed by atoms with Gasteiger partial charge in [0.15, 0.2) is 0 Å². The zero-order valence-corrected chi connectivity index (χ0v) is 37.1. The van der Waals surface area contributed by atoms with Crippen LogP contribution in [0.15, 0.2) is 237 Å². The van der Waals surface area contributed by atoms with E-state index in [1.165, 1.54) is 18.2 Å². The number of carbonyl (C=O) groups excluding carboxylic acids is 3. The molecule has 0 saturated heterocycles. The summed E-state index contributed by atoms with van der Waals surface area (Å²) in [4.78, 5) is 55.8. The molecule has 0 aliphatic rings. The third kappa shape index (κ3) is 10.3. The van der Waals surface area contributed by atoms with Crippen LogP contribution in [0.1, 0.15) is 31.1 Å². The van der Waals surface area contributed by atoms with E-state index in [2.05, 4.69) is 67.3 Å². The minimum Gasteiger partial charge on any atom is -0.322 e. The number of carbonyl (C=O) groups is 3. The molecule has 10 rings (SSSR count). The van der Waals surface area contributed by atoms with Gasteiger partial charge in [-0.3, -0.25) is 29.3 Å². The van der Waals surface area contributed by atoms with Crippen LogP contribution in [-0.4, -0.2) is 32.7 Å². The summed E-state index contributed by atoms with van der Waals surface area (Å²) in [5, 5.41) is 8.83. The van der Waals surface area contributed by atoms with Gasteiger partial charge in [-0.2, -0.15) is 0 Å². The molecule has 10 aromatic rings. The molecule has 0 aliphatic carbocycles. The fourth-order valence-corrected chi connectivity index (χ4v) is 8.00. The third-order valence-electron chi connectivity index (χ3n) is 11.6. The van der Waals surface area contributed by atoms with Crippen molar-refractivity contribution >= 4 is 34.8 Å². The molecule has 0 saturated carbocycles. The highest BCUT2D eigenvalue weighted by Gasteiger charge is 2.18. The second-order valence-electron chi connectivity index (χ2n) is 16.3. The van der Waals surface area contributed by atoms with Crippen molar-refractivity contribution in [1.82, 2.24) is 15.0 Å². The lowest BCUT2D eigenvalue weighted by atomic mass is 10.0. The first kappa shape index (κ1) is 43.3. The average Bonchev–Trinajstić information content (AvgIpc) is 3.42. The van der Waals surface area contributed by atoms with Crippen molar-refractivity contribution in [2.45, 2.75) is 0 Å². The first-order chi connectivity index (χ1) is 33.9. The predicted molar refractivity (Wildman–Crippen MR) is 276 cm³/mol. The normalized spacial score (nSPS) is 10.8. The number of hydrogen-bond acceptors (Lipinski definition) is 6. The molecular weight excluding hydrogens is 853 g/mol. The Morgan fingerprint density at radius 1 is 0.261 bits per heavy atom. The predicted octanol–water partition coefficient (Wildman–Crippen LogP) is 13.6. The number of nitrogens with one attached hydrogen (secondary N) is 3. The minimum absolute atomic E-state index is 0.119. The smallest absolute Gasteiger partial charge is 0.255 e. The van der Waals surface area contributed by atoms with Crippen molar-refractivity contribution < 1.29 is 14.4 Å². The molecule has 330 valence electrons. The molecule has 69 heavy (non-hydrogen) atoms. The maximum atomic E-state index is 14.0. The molecule has 0 radical (unpaired) electrons. The van der Waals surface area contributed by atoms with Gasteiger partial charge < -0.3 is 16.0 Å². The zero-order chi connectivity index (χ0) is 46.9. The third-order valence-corrected chi connectivity index (χ3v) is 11.6. The van der Waals surface area contributed by atoms with Crippen molar-refractivity contribution in [2.24, 2.45) is 0 Å². The summed E-state index contributed by atoms with van der Waals surface area (Å²) in [6.07, 6.45) is 5.34. The second-order valence-corrected chi connectivity index (χ2v) is 16.3. The molecule has 0 spiro atoms. The van der Waals surface area contributed by atoms with Crippen molar-refractivity contribution in [1.29, 1.82) is 0 Å². The summed E-state index contributed by atoms with van der Waals surface area (Å²) < 4.78 is 0. The number of benzene rings is 7. The van der Waals surface area contributed by atoms with Crippen molar-refractivity contribution in [3.05, 3.63) is 254 Å². The number of rotatable bonds is 12. The number of nitrogens with zero attached hydrogens (tertiary/aromatic N) is 3. The number of hydrogen-bond donors (Lipinski definition) is 3. The molecule has 3 N–H and O–H groups in total. The van der Waals surface area contributed by atoms with Gasteiger partial charge in [0.1, 0.15) is 0 Å². The van der Waals surface area contributed by atoms with Crippen LogP contribution < -0.4 is 16.0 Å². The Kier molecular flexibility index (Phi) is 12.5. The van der Waals surface area contributed by atoms with Gasteiger partial charge in [-0.25, -0.2) is 0 Å². The van der Waals surface area contributed by atoms with Crippen LogP contribution in [0.5, 0.6) is 0 Å². The first-order valence-electron chi connectivity index (χ1n) is 22.3. The topological polar surface area (TPSA) is 126 Å². The van der Waals surface area contributed by atoms with Crippen LogP contribution >= 0.6 is 0 Å². The molecular formula is C60H42N6O3. The van der Waals surface area contributed by atoms with Crippen LogP contribution in [0.2, 0.25) is 0 Å². The molecule has 7 aromatic carbocycles. The molecule has 0 atom stereocenters. The van der Waals surface area contributed by atoms with Crippen molar-refractivity contribution in [2.75, 3.05) is 16.0 Å². The van der Waals surface area contributed by atoms with Crippen LogP contribution in [0.4, 0.5) is 17.1 Å². The van der Waals surface area contributed by atoms with E-state index < -0.39 is 17.7 Å². The molecule has 0 unspecified atom stereocenters. The Balaban J connectivity index is 0.888. The molecule has 0 aliphatic heterocycles. The fraction of sp³-hybridized carbons (Fsp3) is 0. The van der Waals surface area contributed by atoms with Gasteiger partial charge in [0.2, 0.25) is 0 Å². The molecule has 0 bridgehead atoms. The van der Waals surface area contributed by atoms with E-state index >= 15 is 0 Å². The van der Waals surface area contributed by atoms with Crippen molar-refractivity contribution in [3.8, 4) is 67.2 Å². The van der Waals surface area contributed by atoms with Crippen LogP contribution in [0.3, 0.4) is 0 Å². The molecule has 9 nitrogen and oxygen atoms in total. The summed E-state index contributed by atoms with van der Waals surface area (Å²) in [6, 6.07) is 68.8. The average molecular weight is 895 g/mol. The van der Waals surface area contributed by atoms with E-state index in [1.54, 1.807) is 55.0 Å². The lowest BCUT2D eigenvalue weighted by molar-refractivity contribution is 0.102. The maximum Gasteiger partial charge on any atom is 0.255 e. The Labute approximate surface area is 399 Å². The number of aromatic nitrogens is 3. The highest BCUT2D eigenvalue weighted by atomic mass is 16.2. The maximum absolute atomic E-state index is 14.0. The van der Waals surface area contributed by atoms with Gasteiger partial charge in [0.05, 0.1) is 17.1 Å². The molecule has 3 aromatic heterocycles. The highest BCUT2D eigenvalue weighted by Crippen LogP contribution is 2.29. The Morgan fingerprint density at radius 2 is 0.522 bits per heavy atom. The second kappa shape index (κ2) is 19.9. The van der Waals surface area contributed by atoms with E-state index in [1.807, 2.05) is 127 Å². The monoisotopic (exact) mass is 894 g/mol. The molecule has 3 heterocycles. The van der Waals surface area contributed by atoms with Crippen LogP contribution in [0.25, 0.3) is 67.2 Å². The Hall–Kier alpha value is -9.60. The molecule has 3 amide bonds. The summed E-state index contributed by atoms with van der Waals surface area (Å²) in [7, 11) is 0. The summed E-state index contributed by atoms with van der Waals surface area (Å²) >= 11 is 0. The lowest BCUT2D eigenvalue weighted by Gasteiger charge is -2.13. The summed E-state index contributed by atoms with van der Waals surface area (Å²) in [5.41, 5.74) is 13.3. The van der Waals surface area contributed by atoms with E-state index in [0.717, 1.165) is 67.2 Å². The van der Waals surface area contributed by atoms with Gasteiger partial charge in [-0.1, -0.05) is 127 Å². The van der Waals surface area contributed by atoms with Gasteiger partial charge in [0, 0.05) is 69.0 Å². The van der Waals surface area contributed by atoms with Crippen LogP contribution in [0, 0.1) is 0 Å². The van der Waals surface area contributed by atoms with Crippen LogP contribution in [-0.2, 0) is 0 Å². The number of anilines is 3. The standard InChI is InChI=1S/C60H42N6O3/c67-58(64-52-22-16-43(17-23-52)55-37-46(28-31-61-55)40-10-4-1-5-11-40)49-34-50(59(68)65-53-24-18-44(19-25-53)56-38-47(29-32-62-56)41-12-6-2-7-13-41)36-51(35-49)60(69)66-54-26-20-45(21-27-54)57-39-48(30-33-63-57)42-14-8-3-9-15-42/h1-39H,(H,64,67)(H,65,68)(H,66,69). The van der Waals surface area contributed by atoms with Gasteiger partial charge in [-0.15, -0.1) is 0 Å². The summed E-state index contributed by atoms with van der Waals surface area (Å²) in [5.74, 6) is -1.50. The van der Waals surface area contributed by atoms with E-state index in [0.29, 0.717) is 17.1 Å². The zero-order valence-electron chi connectivity index (χ0n) is 37.1. The fourth-order valence-electron chi connectivity index (χ4n) is 8.00. The van der Waals surface area contributed by atoms with E-state index in [-0.39, 0.29) is 16.7 Å². The molecule has 9 heteroatoms. The van der Waals surface area contributed by atoms with E-state index in [4.69, 9.17) is 0 Å². The van der Waals surface area contributed by atoms with Crippen molar-refractivity contribution in [3.63, 3.8) is 0 Å².